The van der Waals surface area contributed by atoms with Gasteiger partial charge >= 0.3 is 0 Å². The Labute approximate surface area is 224 Å². The Hall–Kier alpha value is -4.10. The monoisotopic (exact) mass is 558 g/mol. The van der Waals surface area contributed by atoms with Gasteiger partial charge in [-0.1, -0.05) is 19.1 Å². The van der Waals surface area contributed by atoms with Crippen molar-refractivity contribution in [1.29, 1.82) is 0 Å². The van der Waals surface area contributed by atoms with Gasteiger partial charge in [-0.05, 0) is 50.8 Å². The Kier molecular flexibility index (Phi) is 8.41. The normalized spacial score (nSPS) is 11.6. The number of carbonyl (C=O) groups is 1. The lowest BCUT2D eigenvalue weighted by Crippen LogP contribution is -2.20. The highest BCUT2D eigenvalue weighted by Crippen LogP contribution is 2.30. The van der Waals surface area contributed by atoms with Crippen LogP contribution in [0.3, 0.4) is 0 Å². The van der Waals surface area contributed by atoms with Crippen LogP contribution in [-0.2, 0) is 10.0 Å². The van der Waals surface area contributed by atoms with Gasteiger partial charge in [0.15, 0.2) is 11.5 Å². The van der Waals surface area contributed by atoms with Gasteiger partial charge in [-0.25, -0.2) is 22.2 Å². The van der Waals surface area contributed by atoms with Crippen LogP contribution in [0.2, 0.25) is 0 Å². The summed E-state index contributed by atoms with van der Waals surface area (Å²) in [5.41, 5.74) is 0.441. The first-order valence-electron chi connectivity index (χ1n) is 12.1. The lowest BCUT2D eigenvalue weighted by molar-refractivity contribution is 0.101. The van der Waals surface area contributed by atoms with Gasteiger partial charge in [-0.15, -0.1) is 0 Å². The minimum absolute atomic E-state index is 0.157. The van der Waals surface area contributed by atoms with E-state index in [0.29, 0.717) is 35.5 Å². The van der Waals surface area contributed by atoms with E-state index in [9.17, 15) is 17.6 Å². The van der Waals surface area contributed by atoms with Crippen LogP contribution in [0, 0.1) is 11.6 Å². The number of rotatable bonds is 11. The third kappa shape index (κ3) is 6.67. The number of likely N-dealkylation sites (N-methyl/N-ethyl adjacent to an activating group) is 1. The molecule has 0 atom stereocenters. The maximum absolute atomic E-state index is 15.0. The van der Waals surface area contributed by atoms with Gasteiger partial charge in [0.2, 0.25) is 10.0 Å². The van der Waals surface area contributed by atoms with Crippen LogP contribution in [0.5, 0.6) is 5.75 Å². The van der Waals surface area contributed by atoms with E-state index < -0.39 is 38.8 Å². The van der Waals surface area contributed by atoms with Crippen molar-refractivity contribution in [2.45, 2.75) is 13.3 Å². The van der Waals surface area contributed by atoms with E-state index in [1.807, 2.05) is 43.3 Å². The lowest BCUT2D eigenvalue weighted by atomic mass is 10.1. The number of aromatic amines is 1. The average molecular weight is 559 g/mol. The molecule has 39 heavy (non-hydrogen) atoms. The number of hydrogen-bond donors (Lipinski definition) is 3. The number of nitrogens with zero attached hydrogens (tertiary/aromatic N) is 3. The van der Waals surface area contributed by atoms with Crippen molar-refractivity contribution in [3.05, 3.63) is 65.9 Å². The number of anilines is 2. The second kappa shape index (κ2) is 11.7. The van der Waals surface area contributed by atoms with Gasteiger partial charge in [-0.3, -0.25) is 14.6 Å². The molecule has 4 rings (SSSR count). The van der Waals surface area contributed by atoms with E-state index in [1.165, 1.54) is 6.20 Å². The second-order valence-electron chi connectivity index (χ2n) is 9.03. The predicted molar refractivity (Wildman–Crippen MR) is 145 cm³/mol. The zero-order valence-corrected chi connectivity index (χ0v) is 22.4. The zero-order valence-electron chi connectivity index (χ0n) is 21.6. The van der Waals surface area contributed by atoms with Crippen LogP contribution in [0.25, 0.3) is 22.3 Å². The van der Waals surface area contributed by atoms with Crippen molar-refractivity contribution < 1.29 is 26.7 Å². The molecule has 0 radical (unpaired) electrons. The van der Waals surface area contributed by atoms with Crippen molar-refractivity contribution in [3.63, 3.8) is 0 Å². The van der Waals surface area contributed by atoms with E-state index in [4.69, 9.17) is 4.74 Å². The third-order valence-corrected chi connectivity index (χ3v) is 7.13. The summed E-state index contributed by atoms with van der Waals surface area (Å²) >= 11 is 0. The zero-order chi connectivity index (χ0) is 28.2. The number of ether oxygens (including phenoxy) is 1. The summed E-state index contributed by atoms with van der Waals surface area (Å²) in [4.78, 5) is 19.1. The Morgan fingerprint density at radius 3 is 2.69 bits per heavy atom. The topological polar surface area (TPSA) is 129 Å². The molecule has 2 heterocycles. The number of amides is 1. The molecule has 1 amide bonds. The first kappa shape index (κ1) is 27.9. The Bertz CT molecular complexity index is 1610. The molecule has 4 aromatic rings. The summed E-state index contributed by atoms with van der Waals surface area (Å²) in [6, 6.07) is 10.7. The first-order chi connectivity index (χ1) is 18.6. The van der Waals surface area contributed by atoms with Crippen LogP contribution in [0.1, 0.15) is 23.7 Å². The maximum atomic E-state index is 15.0. The SMILES string of the molecule is CCCS(=O)(=O)Nc1ccc(F)c(C(=O)Nc2cnc3n[nH]c(-c4cccc(OCCN(C)C)c4)c3c2)c1F. The quantitative estimate of drug-likeness (QED) is 0.251. The molecule has 0 fully saturated rings. The van der Waals surface area contributed by atoms with Gasteiger partial charge < -0.3 is 15.0 Å². The summed E-state index contributed by atoms with van der Waals surface area (Å²) in [6.07, 6.45) is 1.60. The Morgan fingerprint density at radius 1 is 1.15 bits per heavy atom. The molecule has 3 N–H and O–H groups in total. The van der Waals surface area contributed by atoms with Crippen LogP contribution >= 0.6 is 0 Å². The van der Waals surface area contributed by atoms with Gasteiger partial charge in [0.05, 0.1) is 29.0 Å². The van der Waals surface area contributed by atoms with Gasteiger partial charge in [0.1, 0.15) is 23.7 Å². The standard InChI is InChI=1S/C26H28F2N6O4S/c1-4-12-39(36,37)33-21-9-8-20(27)22(23(21)28)26(35)30-17-14-19-24(31-32-25(19)29-15-17)16-6-5-7-18(13-16)38-11-10-34(2)3/h5-9,13-15,33H,4,10-12H2,1-3H3,(H,30,35)(H,29,31,32). The van der Waals surface area contributed by atoms with Crippen LogP contribution < -0.4 is 14.8 Å². The number of H-pyrrole nitrogens is 1. The van der Waals surface area contributed by atoms with Crippen molar-refractivity contribution in [2.24, 2.45) is 0 Å². The lowest BCUT2D eigenvalue weighted by Gasteiger charge is -2.12. The average Bonchev–Trinajstić information content (AvgIpc) is 3.29. The molecular formula is C26H28F2N6O4S. The van der Waals surface area contributed by atoms with E-state index in [0.717, 1.165) is 24.2 Å². The minimum atomic E-state index is -3.86. The molecule has 0 spiro atoms. The minimum Gasteiger partial charge on any atom is -0.492 e. The number of pyridine rings is 1. The van der Waals surface area contributed by atoms with E-state index in [2.05, 4.69) is 25.2 Å². The Morgan fingerprint density at radius 2 is 1.95 bits per heavy atom. The van der Waals surface area contributed by atoms with Crippen molar-refractivity contribution >= 4 is 38.3 Å². The number of sulfonamides is 1. The molecule has 206 valence electrons. The molecular weight excluding hydrogens is 530 g/mol. The third-order valence-electron chi connectivity index (χ3n) is 5.65. The fraction of sp³-hybridized carbons (Fsp3) is 0.269. The molecule has 0 saturated heterocycles. The molecule has 0 aliphatic heterocycles. The number of halogens is 2. The molecule has 2 aromatic heterocycles. The number of hydrogen-bond acceptors (Lipinski definition) is 7. The molecule has 0 saturated carbocycles. The molecule has 0 aliphatic carbocycles. The molecule has 0 bridgehead atoms. The van der Waals surface area contributed by atoms with E-state index in [-0.39, 0.29) is 11.4 Å². The fourth-order valence-corrected chi connectivity index (χ4v) is 4.93. The molecule has 0 aliphatic rings. The summed E-state index contributed by atoms with van der Waals surface area (Å²) < 4.78 is 61.5. The highest BCUT2D eigenvalue weighted by Gasteiger charge is 2.23. The second-order valence-corrected chi connectivity index (χ2v) is 10.9. The summed E-state index contributed by atoms with van der Waals surface area (Å²) in [5, 5.41) is 10.1. The summed E-state index contributed by atoms with van der Waals surface area (Å²) in [7, 11) is 0.0469. The van der Waals surface area contributed by atoms with Crippen molar-refractivity contribution in [3.8, 4) is 17.0 Å². The first-order valence-corrected chi connectivity index (χ1v) is 13.7. The maximum Gasteiger partial charge on any atom is 0.261 e. The predicted octanol–water partition coefficient (Wildman–Crippen LogP) is 4.25. The van der Waals surface area contributed by atoms with E-state index in [1.54, 1.807) is 13.0 Å². The number of nitrogens with one attached hydrogen (secondary N) is 3. The molecule has 10 nitrogen and oxygen atoms in total. The molecule has 13 heteroatoms. The van der Waals surface area contributed by atoms with E-state index >= 15 is 4.39 Å². The number of aromatic nitrogens is 3. The smallest absolute Gasteiger partial charge is 0.261 e. The van der Waals surface area contributed by atoms with Gasteiger partial charge in [0.25, 0.3) is 5.91 Å². The summed E-state index contributed by atoms with van der Waals surface area (Å²) in [5.74, 6) is -3.17. The van der Waals surface area contributed by atoms with Crippen LogP contribution in [0.4, 0.5) is 20.2 Å². The fourth-order valence-electron chi connectivity index (χ4n) is 3.80. The van der Waals surface area contributed by atoms with Crippen molar-refractivity contribution in [2.75, 3.05) is 43.0 Å². The molecule has 2 aromatic carbocycles. The Balaban J connectivity index is 1.59. The number of fused-ring (bicyclic) bond motifs is 1. The van der Waals surface area contributed by atoms with Crippen LogP contribution in [0.15, 0.2) is 48.7 Å². The summed E-state index contributed by atoms with van der Waals surface area (Å²) in [6.45, 7) is 2.90. The number of carbonyl (C=O) groups excluding carboxylic acids is 1. The largest absolute Gasteiger partial charge is 0.492 e. The van der Waals surface area contributed by atoms with Gasteiger partial charge in [0, 0.05) is 17.5 Å². The highest BCUT2D eigenvalue weighted by molar-refractivity contribution is 7.92. The number of benzene rings is 2. The molecule has 0 unspecified atom stereocenters. The van der Waals surface area contributed by atoms with Crippen molar-refractivity contribution in [1.82, 2.24) is 20.1 Å². The highest BCUT2D eigenvalue weighted by atomic mass is 32.2. The van der Waals surface area contributed by atoms with Gasteiger partial charge in [-0.2, -0.15) is 5.10 Å². The van der Waals surface area contributed by atoms with Crippen LogP contribution in [-0.4, -0.2) is 67.4 Å².